The van der Waals surface area contributed by atoms with E-state index < -0.39 is 17.4 Å². The SMILES string of the molecule is O=C(Cn1nc2ccc(C(=O)NCc3ccccc3)cn2c1=O)Nc1cccc(F)c1. The number of nitrogens with one attached hydrogen (secondary N) is 2. The molecule has 2 aromatic carbocycles. The van der Waals surface area contributed by atoms with Crippen molar-refractivity contribution in [3.8, 4) is 0 Å². The molecule has 0 aliphatic heterocycles. The zero-order chi connectivity index (χ0) is 21.8. The number of carbonyl (C=O) groups excluding carboxylic acids is 2. The molecule has 0 atom stereocenters. The smallest absolute Gasteiger partial charge is 0.348 e. The third-order valence-corrected chi connectivity index (χ3v) is 4.54. The Morgan fingerprint density at radius 2 is 1.81 bits per heavy atom. The van der Waals surface area contributed by atoms with Gasteiger partial charge in [0.2, 0.25) is 5.91 Å². The topological polar surface area (TPSA) is 97.5 Å². The second-order valence-electron chi connectivity index (χ2n) is 6.81. The standard InChI is InChI=1S/C22H18FN5O3/c23-17-7-4-8-18(11-17)25-20(29)14-28-22(31)27-13-16(9-10-19(27)26-28)21(30)24-12-15-5-2-1-3-6-15/h1-11,13H,12,14H2,(H,24,30)(H,25,29). The normalized spacial score (nSPS) is 10.7. The Morgan fingerprint density at radius 3 is 2.58 bits per heavy atom. The summed E-state index contributed by atoms with van der Waals surface area (Å²) in [4.78, 5) is 37.3. The minimum Gasteiger partial charge on any atom is -0.348 e. The lowest BCUT2D eigenvalue weighted by molar-refractivity contribution is -0.117. The number of fused-ring (bicyclic) bond motifs is 1. The van der Waals surface area contributed by atoms with E-state index in [0.717, 1.165) is 10.2 Å². The molecule has 8 nitrogen and oxygen atoms in total. The first-order valence-electron chi connectivity index (χ1n) is 9.46. The van der Waals surface area contributed by atoms with Gasteiger partial charge in [-0.1, -0.05) is 36.4 Å². The Bertz CT molecular complexity index is 1310. The molecular formula is C22H18FN5O3. The number of hydrogen-bond acceptors (Lipinski definition) is 4. The van der Waals surface area contributed by atoms with Crippen LogP contribution in [0.25, 0.3) is 5.65 Å². The molecule has 2 heterocycles. The van der Waals surface area contributed by atoms with Crippen molar-refractivity contribution < 1.29 is 14.0 Å². The highest BCUT2D eigenvalue weighted by Gasteiger charge is 2.14. The lowest BCUT2D eigenvalue weighted by atomic mass is 10.2. The predicted molar refractivity (Wildman–Crippen MR) is 112 cm³/mol. The van der Waals surface area contributed by atoms with Gasteiger partial charge in [-0.15, -0.1) is 5.10 Å². The maximum absolute atomic E-state index is 13.2. The van der Waals surface area contributed by atoms with Crippen LogP contribution in [0.1, 0.15) is 15.9 Å². The number of amides is 2. The number of rotatable bonds is 6. The number of benzene rings is 2. The molecule has 2 amide bonds. The number of halogens is 1. The molecule has 0 saturated carbocycles. The maximum Gasteiger partial charge on any atom is 0.350 e. The average molecular weight is 419 g/mol. The highest BCUT2D eigenvalue weighted by Crippen LogP contribution is 2.09. The van der Waals surface area contributed by atoms with Gasteiger partial charge in [-0.2, -0.15) is 0 Å². The summed E-state index contributed by atoms with van der Waals surface area (Å²) in [6, 6.07) is 18.0. The maximum atomic E-state index is 13.2. The van der Waals surface area contributed by atoms with Gasteiger partial charge in [0.05, 0.1) is 5.56 Å². The van der Waals surface area contributed by atoms with Crippen molar-refractivity contribution in [1.29, 1.82) is 0 Å². The van der Waals surface area contributed by atoms with Crippen molar-refractivity contribution in [2.24, 2.45) is 0 Å². The number of aromatic nitrogens is 3. The highest BCUT2D eigenvalue weighted by atomic mass is 19.1. The minimum absolute atomic E-state index is 0.277. The van der Waals surface area contributed by atoms with Gasteiger partial charge in [0.15, 0.2) is 5.65 Å². The molecular weight excluding hydrogens is 401 g/mol. The zero-order valence-electron chi connectivity index (χ0n) is 16.3. The van der Waals surface area contributed by atoms with E-state index in [-0.39, 0.29) is 23.7 Å². The van der Waals surface area contributed by atoms with Crippen LogP contribution in [0, 0.1) is 5.82 Å². The van der Waals surface area contributed by atoms with Crippen molar-refractivity contribution in [3.05, 3.63) is 100 Å². The predicted octanol–water partition coefficient (Wildman–Crippen LogP) is 2.20. The Kier molecular flexibility index (Phi) is 5.57. The van der Waals surface area contributed by atoms with E-state index in [1.807, 2.05) is 30.3 Å². The van der Waals surface area contributed by atoms with E-state index in [4.69, 9.17) is 0 Å². The van der Waals surface area contributed by atoms with E-state index in [9.17, 15) is 18.8 Å². The van der Waals surface area contributed by atoms with Crippen LogP contribution in [0.2, 0.25) is 0 Å². The van der Waals surface area contributed by atoms with Crippen LogP contribution in [-0.4, -0.2) is 26.0 Å². The quantitative estimate of drug-likeness (QED) is 0.501. The van der Waals surface area contributed by atoms with Crippen LogP contribution < -0.4 is 16.3 Å². The third-order valence-electron chi connectivity index (χ3n) is 4.54. The van der Waals surface area contributed by atoms with E-state index in [2.05, 4.69) is 15.7 Å². The van der Waals surface area contributed by atoms with Crippen molar-refractivity contribution in [3.63, 3.8) is 0 Å². The molecule has 2 N–H and O–H groups in total. The second-order valence-corrected chi connectivity index (χ2v) is 6.81. The van der Waals surface area contributed by atoms with E-state index in [1.54, 1.807) is 6.07 Å². The van der Waals surface area contributed by atoms with Gasteiger partial charge >= 0.3 is 5.69 Å². The largest absolute Gasteiger partial charge is 0.350 e. The first kappa shape index (κ1) is 20.0. The van der Waals surface area contributed by atoms with Crippen molar-refractivity contribution >= 4 is 23.1 Å². The fourth-order valence-corrected chi connectivity index (χ4v) is 3.04. The number of nitrogens with zero attached hydrogens (tertiary/aromatic N) is 3. The van der Waals surface area contributed by atoms with E-state index in [1.165, 1.54) is 40.9 Å². The molecule has 0 fully saturated rings. The fourth-order valence-electron chi connectivity index (χ4n) is 3.04. The molecule has 156 valence electrons. The lowest BCUT2D eigenvalue weighted by Gasteiger charge is -2.05. The average Bonchev–Trinajstić information content (AvgIpc) is 3.07. The summed E-state index contributed by atoms with van der Waals surface area (Å²) in [6.45, 7) is -0.00130. The summed E-state index contributed by atoms with van der Waals surface area (Å²) >= 11 is 0. The molecule has 4 rings (SSSR count). The monoisotopic (exact) mass is 419 g/mol. The van der Waals surface area contributed by atoms with Gasteiger partial charge in [0.1, 0.15) is 12.4 Å². The van der Waals surface area contributed by atoms with Crippen LogP contribution in [0.3, 0.4) is 0 Å². The summed E-state index contributed by atoms with van der Waals surface area (Å²) in [6.07, 6.45) is 1.38. The first-order chi connectivity index (χ1) is 15.0. The van der Waals surface area contributed by atoms with E-state index >= 15 is 0 Å². The van der Waals surface area contributed by atoms with Crippen LogP contribution in [0.4, 0.5) is 10.1 Å². The third kappa shape index (κ3) is 4.67. The van der Waals surface area contributed by atoms with Crippen LogP contribution in [-0.2, 0) is 17.9 Å². The first-order valence-corrected chi connectivity index (χ1v) is 9.46. The summed E-state index contributed by atoms with van der Waals surface area (Å²) in [5.41, 5.74) is 1.24. The molecule has 0 aliphatic rings. The molecule has 0 saturated heterocycles. The number of hydrogen-bond donors (Lipinski definition) is 2. The van der Waals surface area contributed by atoms with Crippen LogP contribution in [0.5, 0.6) is 0 Å². The Labute approximate surface area is 175 Å². The summed E-state index contributed by atoms with van der Waals surface area (Å²) in [5.74, 6) is -1.35. The summed E-state index contributed by atoms with van der Waals surface area (Å²) in [5, 5.41) is 9.41. The molecule has 0 spiro atoms. The van der Waals surface area contributed by atoms with Crippen LogP contribution in [0.15, 0.2) is 77.7 Å². The molecule has 0 aliphatic carbocycles. The molecule has 0 bridgehead atoms. The van der Waals surface area contributed by atoms with Crippen molar-refractivity contribution in [1.82, 2.24) is 19.5 Å². The Balaban J connectivity index is 1.48. The number of pyridine rings is 1. The molecule has 0 radical (unpaired) electrons. The lowest BCUT2D eigenvalue weighted by Crippen LogP contribution is -2.28. The summed E-state index contributed by atoms with van der Waals surface area (Å²) in [7, 11) is 0. The molecule has 31 heavy (non-hydrogen) atoms. The Hall–Kier alpha value is -4.27. The second kappa shape index (κ2) is 8.62. The summed E-state index contributed by atoms with van der Waals surface area (Å²) < 4.78 is 15.4. The molecule has 4 aromatic rings. The van der Waals surface area contributed by atoms with Crippen molar-refractivity contribution in [2.75, 3.05) is 5.32 Å². The van der Waals surface area contributed by atoms with Gasteiger partial charge in [-0.3, -0.25) is 9.59 Å². The van der Waals surface area contributed by atoms with Gasteiger partial charge < -0.3 is 10.6 Å². The number of anilines is 1. The number of carbonyl (C=O) groups is 2. The minimum atomic E-state index is -0.567. The highest BCUT2D eigenvalue weighted by molar-refractivity contribution is 5.94. The van der Waals surface area contributed by atoms with Gasteiger partial charge in [-0.05, 0) is 35.9 Å². The van der Waals surface area contributed by atoms with Gasteiger partial charge in [0, 0.05) is 18.4 Å². The van der Waals surface area contributed by atoms with Gasteiger partial charge in [-0.25, -0.2) is 18.3 Å². The molecule has 2 aromatic heterocycles. The van der Waals surface area contributed by atoms with Gasteiger partial charge in [0.25, 0.3) is 5.91 Å². The Morgan fingerprint density at radius 1 is 1.00 bits per heavy atom. The molecule has 9 heteroatoms. The zero-order valence-corrected chi connectivity index (χ0v) is 16.3. The van der Waals surface area contributed by atoms with Crippen molar-refractivity contribution in [2.45, 2.75) is 13.1 Å². The fraction of sp³-hybridized carbons (Fsp3) is 0.0909. The van der Waals surface area contributed by atoms with Crippen LogP contribution >= 0.6 is 0 Å². The van der Waals surface area contributed by atoms with E-state index in [0.29, 0.717) is 12.2 Å². The molecule has 0 unspecified atom stereocenters.